The van der Waals surface area contributed by atoms with Crippen LogP contribution in [0.1, 0.15) is 5.56 Å². The van der Waals surface area contributed by atoms with Gasteiger partial charge in [-0.15, -0.1) is 0 Å². The summed E-state index contributed by atoms with van der Waals surface area (Å²) in [5.74, 6) is 0.335. The Balaban J connectivity index is 1.37. The van der Waals surface area contributed by atoms with Crippen molar-refractivity contribution in [1.82, 2.24) is 19.3 Å². The number of benzene rings is 2. The van der Waals surface area contributed by atoms with Crippen molar-refractivity contribution in [2.45, 2.75) is 11.8 Å². The summed E-state index contributed by atoms with van der Waals surface area (Å²) >= 11 is 0. The maximum Gasteiger partial charge on any atom is 0.417 e. The smallest absolute Gasteiger partial charge is 0.408 e. The van der Waals surface area contributed by atoms with Crippen LogP contribution >= 0.6 is 0 Å². The fourth-order valence-electron chi connectivity index (χ4n) is 3.59. The number of anilines is 4. The molecule has 3 N–H and O–H groups in total. The van der Waals surface area contributed by atoms with E-state index in [0.717, 1.165) is 5.56 Å². The van der Waals surface area contributed by atoms with E-state index < -0.39 is 15.8 Å². The fraction of sp³-hybridized carbons (Fsp3) is 0.227. The van der Waals surface area contributed by atoms with Gasteiger partial charge in [-0.25, -0.2) is 18.2 Å². The first-order chi connectivity index (χ1) is 16.4. The number of morpholine rings is 1. The first-order valence-electron chi connectivity index (χ1n) is 10.6. The predicted octanol–water partition coefficient (Wildman–Crippen LogP) is 2.73. The highest BCUT2D eigenvalue weighted by atomic mass is 32.2. The highest BCUT2D eigenvalue weighted by Crippen LogP contribution is 2.25. The molecule has 34 heavy (non-hydrogen) atoms. The zero-order chi connectivity index (χ0) is 23.7. The quantitative estimate of drug-likeness (QED) is 0.378. The van der Waals surface area contributed by atoms with E-state index in [9.17, 15) is 13.2 Å². The molecule has 4 aromatic rings. The number of hydrogen-bond acceptors (Lipinski definition) is 9. The molecule has 0 bridgehead atoms. The largest absolute Gasteiger partial charge is 0.417 e. The van der Waals surface area contributed by atoms with Crippen LogP contribution in [0.5, 0.6) is 0 Å². The van der Waals surface area contributed by atoms with Gasteiger partial charge < -0.3 is 19.8 Å². The minimum Gasteiger partial charge on any atom is -0.408 e. The summed E-state index contributed by atoms with van der Waals surface area (Å²) in [5, 5.41) is 6.28. The van der Waals surface area contributed by atoms with E-state index in [2.05, 4.69) is 25.6 Å². The maximum atomic E-state index is 13.0. The molecule has 1 aliphatic heterocycles. The van der Waals surface area contributed by atoms with E-state index in [0.29, 0.717) is 60.5 Å². The molecular weight excluding hydrogens is 460 g/mol. The van der Waals surface area contributed by atoms with Gasteiger partial charge in [0.15, 0.2) is 5.58 Å². The molecule has 1 saturated heterocycles. The normalized spacial score (nSPS) is 14.9. The Morgan fingerprint density at radius 3 is 2.68 bits per heavy atom. The van der Waals surface area contributed by atoms with Crippen molar-refractivity contribution >= 4 is 44.3 Å². The number of hydrogen-bond donors (Lipinski definition) is 3. The van der Waals surface area contributed by atoms with Crippen LogP contribution < -0.4 is 16.4 Å². The molecule has 0 spiro atoms. The van der Waals surface area contributed by atoms with E-state index in [4.69, 9.17) is 9.15 Å². The van der Waals surface area contributed by atoms with Gasteiger partial charge in [0, 0.05) is 36.2 Å². The number of nitrogens with one attached hydrogen (secondary N) is 3. The fourth-order valence-corrected chi connectivity index (χ4v) is 5.05. The zero-order valence-electron chi connectivity index (χ0n) is 18.2. The predicted molar refractivity (Wildman–Crippen MR) is 126 cm³/mol. The van der Waals surface area contributed by atoms with Gasteiger partial charge in [0.1, 0.15) is 5.82 Å². The lowest BCUT2D eigenvalue weighted by Crippen LogP contribution is -2.40. The summed E-state index contributed by atoms with van der Waals surface area (Å²) in [6.45, 7) is 3.28. The third-order valence-corrected chi connectivity index (χ3v) is 7.25. The Morgan fingerprint density at radius 2 is 1.85 bits per heavy atom. The molecule has 0 aliphatic carbocycles. The summed E-state index contributed by atoms with van der Waals surface area (Å²) in [5.41, 5.74) is 3.08. The average molecular weight is 483 g/mol. The topological polar surface area (TPSA) is 142 Å². The van der Waals surface area contributed by atoms with Crippen molar-refractivity contribution < 1.29 is 17.6 Å². The molecule has 0 saturated carbocycles. The van der Waals surface area contributed by atoms with Gasteiger partial charge in [-0.05, 0) is 43.3 Å². The van der Waals surface area contributed by atoms with Crippen molar-refractivity contribution in [2.24, 2.45) is 0 Å². The zero-order valence-corrected chi connectivity index (χ0v) is 19.1. The first kappa shape index (κ1) is 22.1. The summed E-state index contributed by atoms with van der Waals surface area (Å²) in [6, 6.07) is 11.7. The van der Waals surface area contributed by atoms with Gasteiger partial charge in [-0.3, -0.25) is 4.98 Å². The highest BCUT2D eigenvalue weighted by Gasteiger charge is 2.26. The van der Waals surface area contributed by atoms with Crippen LogP contribution in [0, 0.1) is 6.92 Å². The van der Waals surface area contributed by atoms with Gasteiger partial charge >= 0.3 is 5.76 Å². The average Bonchev–Trinajstić information content (AvgIpc) is 3.21. The van der Waals surface area contributed by atoms with Crippen molar-refractivity contribution in [3.63, 3.8) is 0 Å². The Kier molecular flexibility index (Phi) is 5.77. The SMILES string of the molecule is Cc1cnc(Nc2cccc(S(=O)(=O)N3CCOCC3)c2)nc1Nc1ccc2oc(=O)[nH]c2c1. The molecular formula is C22H22N6O5S. The van der Waals surface area contributed by atoms with Gasteiger partial charge in [-0.1, -0.05) is 6.07 Å². The third-order valence-electron chi connectivity index (χ3n) is 5.35. The minimum absolute atomic E-state index is 0.187. The summed E-state index contributed by atoms with van der Waals surface area (Å²) in [4.78, 5) is 23.0. The van der Waals surface area contributed by atoms with E-state index in [1.54, 1.807) is 48.7 Å². The second kappa shape index (κ2) is 8.89. The molecule has 1 fully saturated rings. The van der Waals surface area contributed by atoms with Crippen LogP contribution in [0.3, 0.4) is 0 Å². The van der Waals surface area contributed by atoms with Crippen LogP contribution in [0.4, 0.5) is 23.1 Å². The van der Waals surface area contributed by atoms with Gasteiger partial charge in [0.25, 0.3) is 0 Å². The molecule has 1 aliphatic rings. The number of aromatic nitrogens is 3. The van der Waals surface area contributed by atoms with Crippen molar-refractivity contribution in [3.05, 3.63) is 64.8 Å². The molecule has 11 nitrogen and oxygen atoms in total. The van der Waals surface area contributed by atoms with Crippen molar-refractivity contribution in [3.8, 4) is 0 Å². The van der Waals surface area contributed by atoms with E-state index in [1.807, 2.05) is 6.92 Å². The molecule has 0 atom stereocenters. The van der Waals surface area contributed by atoms with E-state index >= 15 is 0 Å². The standard InChI is InChI=1S/C22H22N6O5S/c1-14-13-23-21(27-20(14)24-16-5-6-19-18(12-16)26-22(29)33-19)25-15-3-2-4-17(11-15)34(30,31)28-7-9-32-10-8-28/h2-6,11-13H,7-10H2,1H3,(H,26,29)(H2,23,24,25,27). The lowest BCUT2D eigenvalue weighted by molar-refractivity contribution is 0.0730. The molecule has 3 heterocycles. The van der Waals surface area contributed by atoms with Crippen LogP contribution in [0.25, 0.3) is 11.1 Å². The number of aromatic amines is 1. The van der Waals surface area contributed by atoms with E-state index in [1.165, 1.54) is 4.31 Å². The minimum atomic E-state index is -3.62. The van der Waals surface area contributed by atoms with Crippen molar-refractivity contribution in [1.29, 1.82) is 0 Å². The lowest BCUT2D eigenvalue weighted by atomic mass is 10.2. The lowest BCUT2D eigenvalue weighted by Gasteiger charge is -2.26. The Hall–Kier alpha value is -3.74. The van der Waals surface area contributed by atoms with Gasteiger partial charge in [0.2, 0.25) is 16.0 Å². The third kappa shape index (κ3) is 4.51. The molecule has 176 valence electrons. The van der Waals surface area contributed by atoms with Crippen LogP contribution in [-0.4, -0.2) is 54.0 Å². The van der Waals surface area contributed by atoms with Crippen LogP contribution in [0.15, 0.2) is 62.8 Å². The second-order valence-corrected chi connectivity index (χ2v) is 9.68. The monoisotopic (exact) mass is 482 g/mol. The van der Waals surface area contributed by atoms with Gasteiger partial charge in [0.05, 0.1) is 23.6 Å². The summed E-state index contributed by atoms with van der Waals surface area (Å²) < 4.78 is 37.6. The summed E-state index contributed by atoms with van der Waals surface area (Å²) in [6.07, 6.45) is 1.66. The molecule has 0 unspecified atom stereocenters. The Labute approximate surface area is 194 Å². The number of aryl methyl sites for hydroxylation is 1. The van der Waals surface area contributed by atoms with Crippen molar-refractivity contribution in [2.75, 3.05) is 36.9 Å². The molecule has 5 rings (SSSR count). The molecule has 0 amide bonds. The second-order valence-electron chi connectivity index (χ2n) is 7.74. The number of sulfonamides is 1. The molecule has 2 aromatic heterocycles. The number of nitrogens with zero attached hydrogens (tertiary/aromatic N) is 3. The molecule has 2 aromatic carbocycles. The number of fused-ring (bicyclic) bond motifs is 1. The van der Waals surface area contributed by atoms with Crippen LogP contribution in [0.2, 0.25) is 0 Å². The maximum absolute atomic E-state index is 13.0. The number of oxazole rings is 1. The summed E-state index contributed by atoms with van der Waals surface area (Å²) in [7, 11) is -3.62. The number of rotatable bonds is 6. The Morgan fingerprint density at radius 1 is 1.06 bits per heavy atom. The van der Waals surface area contributed by atoms with E-state index in [-0.39, 0.29) is 4.90 Å². The number of H-pyrrole nitrogens is 1. The highest BCUT2D eigenvalue weighted by molar-refractivity contribution is 7.89. The first-order valence-corrected chi connectivity index (χ1v) is 12.0. The Bertz CT molecular complexity index is 1510. The van der Waals surface area contributed by atoms with Gasteiger partial charge in [-0.2, -0.15) is 9.29 Å². The number of ether oxygens (including phenoxy) is 1. The van der Waals surface area contributed by atoms with Crippen LogP contribution in [-0.2, 0) is 14.8 Å². The molecule has 12 heteroatoms. The molecule has 0 radical (unpaired) electrons.